The maximum absolute atomic E-state index is 14.4. The van der Waals surface area contributed by atoms with Gasteiger partial charge in [-0.05, 0) is 30.9 Å². The fraction of sp³-hybridized carbons (Fsp3) is 0.476. The molecule has 6 nitrogen and oxygen atoms in total. The number of halogens is 1. The Kier molecular flexibility index (Phi) is 5.52. The molecule has 0 radical (unpaired) electrons. The van der Waals surface area contributed by atoms with Gasteiger partial charge in [-0.2, -0.15) is 0 Å². The predicted molar refractivity (Wildman–Crippen MR) is 102 cm³/mol. The second-order valence-electron chi connectivity index (χ2n) is 7.48. The summed E-state index contributed by atoms with van der Waals surface area (Å²) in [6.07, 6.45) is 4.54. The normalized spacial score (nSPS) is 22.4. The maximum Gasteiger partial charge on any atom is 0.308 e. The first-order valence-electron chi connectivity index (χ1n) is 9.69. The molecule has 2 aliphatic rings. The van der Waals surface area contributed by atoms with Crippen LogP contribution in [0.3, 0.4) is 0 Å². The molecule has 1 N–H and O–H groups in total. The number of hydrogen-bond acceptors (Lipinski definition) is 6. The second kappa shape index (κ2) is 8.22. The van der Waals surface area contributed by atoms with E-state index in [9.17, 15) is 9.18 Å². The lowest BCUT2D eigenvalue weighted by Gasteiger charge is -2.28. The Labute approximate surface area is 163 Å². The SMILES string of the molecule is COC(=O)[C@H]1CCC[C@@H](Nc2ncc(F)c(-c3cccc(C4COC4)c3)n2)C1. The highest BCUT2D eigenvalue weighted by Gasteiger charge is 2.28. The number of nitrogens with one attached hydrogen (secondary N) is 1. The number of benzene rings is 1. The zero-order chi connectivity index (χ0) is 19.5. The van der Waals surface area contributed by atoms with Crippen LogP contribution >= 0.6 is 0 Å². The number of rotatable bonds is 5. The first-order chi connectivity index (χ1) is 13.6. The summed E-state index contributed by atoms with van der Waals surface area (Å²) in [6.45, 7) is 1.40. The van der Waals surface area contributed by atoms with Gasteiger partial charge in [0.05, 0.1) is 32.4 Å². The van der Waals surface area contributed by atoms with Crippen molar-refractivity contribution in [3.63, 3.8) is 0 Å². The quantitative estimate of drug-likeness (QED) is 0.794. The van der Waals surface area contributed by atoms with Gasteiger partial charge in [0.25, 0.3) is 0 Å². The summed E-state index contributed by atoms with van der Waals surface area (Å²) in [4.78, 5) is 20.4. The molecule has 0 spiro atoms. The lowest BCUT2D eigenvalue weighted by Crippen LogP contribution is -2.32. The molecule has 0 bridgehead atoms. The van der Waals surface area contributed by atoms with E-state index in [1.54, 1.807) is 0 Å². The minimum atomic E-state index is -0.455. The summed E-state index contributed by atoms with van der Waals surface area (Å²) in [6, 6.07) is 7.83. The molecule has 1 aliphatic carbocycles. The van der Waals surface area contributed by atoms with Gasteiger partial charge in [0.2, 0.25) is 5.95 Å². The van der Waals surface area contributed by atoms with Gasteiger partial charge in [0.1, 0.15) is 5.69 Å². The van der Waals surface area contributed by atoms with Crippen molar-refractivity contribution in [1.29, 1.82) is 0 Å². The van der Waals surface area contributed by atoms with E-state index in [4.69, 9.17) is 9.47 Å². The molecule has 1 aliphatic heterocycles. The van der Waals surface area contributed by atoms with Crippen LogP contribution in [0.1, 0.15) is 37.2 Å². The third-order valence-electron chi connectivity index (χ3n) is 5.56. The van der Waals surface area contributed by atoms with Crippen molar-refractivity contribution in [1.82, 2.24) is 9.97 Å². The third-order valence-corrected chi connectivity index (χ3v) is 5.56. The highest BCUT2D eigenvalue weighted by molar-refractivity contribution is 5.72. The lowest BCUT2D eigenvalue weighted by molar-refractivity contribution is -0.146. The van der Waals surface area contributed by atoms with E-state index in [-0.39, 0.29) is 23.6 Å². The monoisotopic (exact) mass is 385 g/mol. The van der Waals surface area contributed by atoms with Crippen LogP contribution in [0.25, 0.3) is 11.3 Å². The molecule has 2 aromatic rings. The number of carbonyl (C=O) groups excluding carboxylic acids is 1. The fourth-order valence-corrected chi connectivity index (χ4v) is 3.89. The molecule has 1 saturated heterocycles. The summed E-state index contributed by atoms with van der Waals surface area (Å²) in [5.41, 5.74) is 2.13. The topological polar surface area (TPSA) is 73.3 Å². The second-order valence-corrected chi connectivity index (χ2v) is 7.48. The number of anilines is 1. The van der Waals surface area contributed by atoms with Crippen molar-refractivity contribution in [2.24, 2.45) is 5.92 Å². The molecule has 1 aromatic heterocycles. The van der Waals surface area contributed by atoms with Gasteiger partial charge in [-0.15, -0.1) is 0 Å². The number of methoxy groups -OCH3 is 1. The van der Waals surface area contributed by atoms with Crippen molar-refractivity contribution in [3.8, 4) is 11.3 Å². The highest BCUT2D eigenvalue weighted by Crippen LogP contribution is 2.30. The number of hydrogen-bond donors (Lipinski definition) is 1. The van der Waals surface area contributed by atoms with E-state index >= 15 is 0 Å². The summed E-state index contributed by atoms with van der Waals surface area (Å²) in [5.74, 6) is -0.00516. The van der Waals surface area contributed by atoms with Gasteiger partial charge < -0.3 is 14.8 Å². The molecule has 2 atom stereocenters. The number of aromatic nitrogens is 2. The zero-order valence-corrected chi connectivity index (χ0v) is 15.9. The minimum absolute atomic E-state index is 0.0645. The van der Waals surface area contributed by atoms with Crippen LogP contribution in [-0.4, -0.2) is 42.3 Å². The molecular formula is C21H24FN3O3. The number of nitrogens with zero attached hydrogens (tertiary/aromatic N) is 2. The van der Waals surface area contributed by atoms with Crippen LogP contribution in [0.2, 0.25) is 0 Å². The van der Waals surface area contributed by atoms with Gasteiger partial charge in [0, 0.05) is 17.5 Å². The first kappa shape index (κ1) is 18.8. The van der Waals surface area contributed by atoms with Crippen LogP contribution in [-0.2, 0) is 14.3 Å². The van der Waals surface area contributed by atoms with Crippen LogP contribution in [0.5, 0.6) is 0 Å². The van der Waals surface area contributed by atoms with E-state index in [0.29, 0.717) is 31.5 Å². The molecule has 148 valence electrons. The molecule has 0 amide bonds. The van der Waals surface area contributed by atoms with Crippen molar-refractivity contribution >= 4 is 11.9 Å². The Morgan fingerprint density at radius 2 is 2.18 bits per heavy atom. The van der Waals surface area contributed by atoms with E-state index in [1.165, 1.54) is 13.3 Å². The molecule has 1 aromatic carbocycles. The van der Waals surface area contributed by atoms with Crippen LogP contribution in [0.4, 0.5) is 10.3 Å². The molecule has 2 fully saturated rings. The van der Waals surface area contributed by atoms with Crippen molar-refractivity contribution < 1.29 is 18.7 Å². The number of esters is 1. The Morgan fingerprint density at radius 1 is 1.32 bits per heavy atom. The van der Waals surface area contributed by atoms with E-state index < -0.39 is 5.82 Å². The van der Waals surface area contributed by atoms with Crippen molar-refractivity contribution in [3.05, 3.63) is 41.8 Å². The molecule has 4 rings (SSSR count). The van der Waals surface area contributed by atoms with Crippen LogP contribution < -0.4 is 5.32 Å². The van der Waals surface area contributed by atoms with E-state index in [2.05, 4.69) is 15.3 Å². The average Bonchev–Trinajstić information content (AvgIpc) is 2.68. The molecule has 2 heterocycles. The standard InChI is InChI=1S/C21H24FN3O3/c1-27-20(26)15-6-3-7-17(9-15)24-21-23-10-18(22)19(25-21)14-5-2-4-13(8-14)16-11-28-12-16/h2,4-5,8,10,15-17H,3,6-7,9,11-12H2,1H3,(H,23,24,25)/t15-,17+/m0/s1. The smallest absolute Gasteiger partial charge is 0.308 e. The number of carbonyl (C=O) groups is 1. The Bertz CT molecular complexity index is 857. The molecule has 28 heavy (non-hydrogen) atoms. The van der Waals surface area contributed by atoms with Crippen LogP contribution in [0.15, 0.2) is 30.5 Å². The summed E-state index contributed by atoms with van der Waals surface area (Å²) >= 11 is 0. The summed E-state index contributed by atoms with van der Waals surface area (Å²) < 4.78 is 24.6. The zero-order valence-electron chi connectivity index (χ0n) is 15.9. The average molecular weight is 385 g/mol. The molecule has 7 heteroatoms. The minimum Gasteiger partial charge on any atom is -0.469 e. The highest BCUT2D eigenvalue weighted by atomic mass is 19.1. The lowest BCUT2D eigenvalue weighted by atomic mass is 9.86. The summed E-state index contributed by atoms with van der Waals surface area (Å²) in [7, 11) is 1.42. The van der Waals surface area contributed by atoms with Gasteiger partial charge >= 0.3 is 5.97 Å². The third kappa shape index (κ3) is 3.99. The maximum atomic E-state index is 14.4. The predicted octanol–water partition coefficient (Wildman–Crippen LogP) is 3.54. The van der Waals surface area contributed by atoms with Gasteiger partial charge in [-0.1, -0.05) is 24.6 Å². The Balaban J connectivity index is 1.52. The van der Waals surface area contributed by atoms with Gasteiger partial charge in [0.15, 0.2) is 5.82 Å². The molecule has 0 unspecified atom stereocenters. The van der Waals surface area contributed by atoms with Crippen molar-refractivity contribution in [2.45, 2.75) is 37.6 Å². The Morgan fingerprint density at radius 3 is 2.93 bits per heavy atom. The largest absolute Gasteiger partial charge is 0.469 e. The van der Waals surface area contributed by atoms with E-state index in [0.717, 1.165) is 30.4 Å². The van der Waals surface area contributed by atoms with Crippen molar-refractivity contribution in [2.75, 3.05) is 25.6 Å². The van der Waals surface area contributed by atoms with Gasteiger partial charge in [-0.3, -0.25) is 4.79 Å². The fourth-order valence-electron chi connectivity index (χ4n) is 3.89. The molecule has 1 saturated carbocycles. The van der Waals surface area contributed by atoms with E-state index in [1.807, 2.05) is 24.3 Å². The Hall–Kier alpha value is -2.54. The molecular weight excluding hydrogens is 361 g/mol. The van der Waals surface area contributed by atoms with Crippen LogP contribution in [0, 0.1) is 11.7 Å². The number of ether oxygens (including phenoxy) is 2. The summed E-state index contributed by atoms with van der Waals surface area (Å²) in [5, 5.41) is 3.27. The first-order valence-corrected chi connectivity index (χ1v) is 9.69. The van der Waals surface area contributed by atoms with Gasteiger partial charge in [-0.25, -0.2) is 14.4 Å².